The lowest BCUT2D eigenvalue weighted by Crippen LogP contribution is -2.00. The summed E-state index contributed by atoms with van der Waals surface area (Å²) < 4.78 is 7.24. The molecule has 1 aromatic carbocycles. The number of aryl methyl sites for hydroxylation is 1. The van der Waals surface area contributed by atoms with E-state index in [0.29, 0.717) is 11.8 Å². The summed E-state index contributed by atoms with van der Waals surface area (Å²) in [6.45, 7) is 0.590. The van der Waals surface area contributed by atoms with Crippen LogP contribution in [0.3, 0.4) is 0 Å². The molecule has 3 rings (SSSR count). The molecule has 0 radical (unpaired) electrons. The van der Waals surface area contributed by atoms with Gasteiger partial charge in [0.25, 0.3) is 0 Å². The van der Waals surface area contributed by atoms with E-state index in [1.54, 1.807) is 4.68 Å². The van der Waals surface area contributed by atoms with Gasteiger partial charge in [-0.2, -0.15) is 5.10 Å². The summed E-state index contributed by atoms with van der Waals surface area (Å²) in [4.78, 5) is 0. The highest BCUT2D eigenvalue weighted by atomic mass is 35.5. The highest BCUT2D eigenvalue weighted by Crippen LogP contribution is 2.29. The van der Waals surface area contributed by atoms with Crippen LogP contribution >= 0.6 is 11.6 Å². The zero-order valence-electron chi connectivity index (χ0n) is 9.85. The predicted molar refractivity (Wildman–Crippen MR) is 71.8 cm³/mol. The van der Waals surface area contributed by atoms with Crippen molar-refractivity contribution in [3.8, 4) is 0 Å². The minimum atomic E-state index is 0.430. The lowest BCUT2D eigenvalue weighted by molar-refractivity contribution is 0.613. The minimum Gasteiger partial charge on any atom is -0.444 e. The highest BCUT2D eigenvalue weighted by molar-refractivity contribution is 6.30. The Hall–Kier alpha value is -1.94. The van der Waals surface area contributed by atoms with Crippen molar-refractivity contribution in [1.82, 2.24) is 9.78 Å². The van der Waals surface area contributed by atoms with Crippen molar-refractivity contribution in [3.05, 3.63) is 47.3 Å². The second-order valence-corrected chi connectivity index (χ2v) is 4.42. The smallest absolute Gasteiger partial charge is 0.199 e. The number of para-hydroxylation sites is 1. The number of nitrogens with zero attached hydrogens (tertiary/aromatic N) is 2. The molecule has 0 spiro atoms. The van der Waals surface area contributed by atoms with E-state index in [0.717, 1.165) is 22.4 Å². The maximum Gasteiger partial charge on any atom is 0.199 e. The molecule has 1 N–H and O–H groups in total. The molecule has 0 atom stereocenters. The number of halogens is 1. The number of benzene rings is 1. The molecule has 3 aromatic rings. The van der Waals surface area contributed by atoms with Crippen molar-refractivity contribution in [1.29, 1.82) is 0 Å². The topological polar surface area (TPSA) is 43.0 Å². The van der Waals surface area contributed by atoms with Gasteiger partial charge < -0.3 is 9.73 Å². The maximum absolute atomic E-state index is 6.11. The van der Waals surface area contributed by atoms with Gasteiger partial charge in [0.2, 0.25) is 0 Å². The number of rotatable bonds is 3. The zero-order valence-corrected chi connectivity index (χ0v) is 10.6. The van der Waals surface area contributed by atoms with Gasteiger partial charge in [-0.3, -0.25) is 4.68 Å². The molecular weight excluding hydrogens is 250 g/mol. The molecule has 0 aliphatic heterocycles. The zero-order chi connectivity index (χ0) is 12.5. The van der Waals surface area contributed by atoms with Gasteiger partial charge in [0.05, 0.1) is 0 Å². The first-order valence-electron chi connectivity index (χ1n) is 5.63. The van der Waals surface area contributed by atoms with E-state index in [2.05, 4.69) is 10.4 Å². The molecule has 18 heavy (non-hydrogen) atoms. The summed E-state index contributed by atoms with van der Waals surface area (Å²) in [7, 11) is 1.88. The Balaban J connectivity index is 1.88. The average molecular weight is 262 g/mol. The minimum absolute atomic E-state index is 0.430. The molecule has 92 valence electrons. The first-order valence-corrected chi connectivity index (χ1v) is 6.01. The summed E-state index contributed by atoms with van der Waals surface area (Å²) in [5.74, 6) is 0.818. The Bertz CT molecular complexity index is 686. The molecule has 2 aromatic heterocycles. The summed E-state index contributed by atoms with van der Waals surface area (Å²) in [5.41, 5.74) is 1.76. The van der Waals surface area contributed by atoms with Gasteiger partial charge in [0, 0.05) is 36.8 Å². The lowest BCUT2D eigenvalue weighted by atomic mass is 10.2. The van der Waals surface area contributed by atoms with E-state index in [1.807, 2.05) is 43.6 Å². The Morgan fingerprint density at radius 2 is 2.17 bits per heavy atom. The lowest BCUT2D eigenvalue weighted by Gasteiger charge is -2.01. The van der Waals surface area contributed by atoms with Crippen LogP contribution in [0.5, 0.6) is 0 Å². The van der Waals surface area contributed by atoms with Crippen molar-refractivity contribution in [2.75, 3.05) is 5.32 Å². The summed E-state index contributed by atoms with van der Waals surface area (Å²) >= 11 is 6.11. The van der Waals surface area contributed by atoms with E-state index in [-0.39, 0.29) is 0 Å². The van der Waals surface area contributed by atoms with Crippen LogP contribution in [0.1, 0.15) is 5.56 Å². The van der Waals surface area contributed by atoms with Crippen molar-refractivity contribution < 1.29 is 4.42 Å². The van der Waals surface area contributed by atoms with E-state index < -0.39 is 0 Å². The summed E-state index contributed by atoms with van der Waals surface area (Å²) in [6.07, 6.45) is 1.89. The van der Waals surface area contributed by atoms with Gasteiger partial charge in [-0.05, 0) is 17.7 Å². The fourth-order valence-electron chi connectivity index (χ4n) is 1.92. The molecule has 0 saturated heterocycles. The number of hydrogen-bond acceptors (Lipinski definition) is 3. The molecule has 0 bridgehead atoms. The molecule has 4 nitrogen and oxygen atoms in total. The molecule has 0 unspecified atom stereocenters. The monoisotopic (exact) mass is 261 g/mol. The molecule has 0 saturated carbocycles. The average Bonchev–Trinajstić information content (AvgIpc) is 2.90. The van der Waals surface area contributed by atoms with Crippen LogP contribution in [-0.2, 0) is 13.6 Å². The van der Waals surface area contributed by atoms with E-state index in [4.69, 9.17) is 16.0 Å². The van der Waals surface area contributed by atoms with Gasteiger partial charge in [0.15, 0.2) is 5.22 Å². The van der Waals surface area contributed by atoms with Crippen molar-refractivity contribution in [3.63, 3.8) is 0 Å². The Morgan fingerprint density at radius 3 is 2.94 bits per heavy atom. The first kappa shape index (κ1) is 11.2. The largest absolute Gasteiger partial charge is 0.444 e. The third kappa shape index (κ3) is 1.95. The molecule has 5 heteroatoms. The van der Waals surface area contributed by atoms with Crippen LogP contribution in [0, 0.1) is 0 Å². The van der Waals surface area contributed by atoms with Crippen molar-refractivity contribution in [2.45, 2.75) is 6.54 Å². The van der Waals surface area contributed by atoms with Crippen LogP contribution in [0.25, 0.3) is 11.0 Å². The van der Waals surface area contributed by atoms with Gasteiger partial charge in [-0.25, -0.2) is 0 Å². The predicted octanol–water partition coefficient (Wildman–Crippen LogP) is 3.43. The number of nitrogens with one attached hydrogen (secondary N) is 1. The van der Waals surface area contributed by atoms with E-state index >= 15 is 0 Å². The number of hydrogen-bond donors (Lipinski definition) is 1. The van der Waals surface area contributed by atoms with Crippen molar-refractivity contribution in [2.24, 2.45) is 7.05 Å². The summed E-state index contributed by atoms with van der Waals surface area (Å²) in [5, 5.41) is 8.94. The Labute approximate surface area is 109 Å². The molecule has 0 aliphatic rings. The molecule has 2 heterocycles. The number of furan rings is 1. The van der Waals surface area contributed by atoms with Crippen molar-refractivity contribution >= 4 is 28.4 Å². The van der Waals surface area contributed by atoms with Gasteiger partial charge in [-0.15, -0.1) is 0 Å². The van der Waals surface area contributed by atoms with Gasteiger partial charge in [-0.1, -0.05) is 18.2 Å². The second-order valence-electron chi connectivity index (χ2n) is 4.08. The molecular formula is C13H12ClN3O. The Morgan fingerprint density at radius 1 is 1.33 bits per heavy atom. The highest BCUT2D eigenvalue weighted by Gasteiger charge is 2.11. The first-order chi connectivity index (χ1) is 8.74. The van der Waals surface area contributed by atoms with Crippen LogP contribution < -0.4 is 5.32 Å². The van der Waals surface area contributed by atoms with Crippen LogP contribution in [0.4, 0.5) is 5.82 Å². The fraction of sp³-hybridized carbons (Fsp3) is 0.154. The molecule has 0 amide bonds. The van der Waals surface area contributed by atoms with Gasteiger partial charge >= 0.3 is 0 Å². The maximum atomic E-state index is 6.11. The SMILES string of the molecule is Cn1ccc(NCc2c(Cl)oc3ccccc23)n1. The third-order valence-corrected chi connectivity index (χ3v) is 3.11. The third-order valence-electron chi connectivity index (χ3n) is 2.81. The van der Waals surface area contributed by atoms with Crippen LogP contribution in [0.15, 0.2) is 40.9 Å². The second kappa shape index (κ2) is 4.38. The normalized spacial score (nSPS) is 11.0. The van der Waals surface area contributed by atoms with E-state index in [1.165, 1.54) is 0 Å². The standard InChI is InChI=1S/C13H12ClN3O/c1-17-7-6-12(16-17)15-8-10-9-4-2-3-5-11(9)18-13(10)14/h2-7H,8H2,1H3,(H,15,16). The fourth-order valence-corrected chi connectivity index (χ4v) is 2.17. The van der Waals surface area contributed by atoms with Gasteiger partial charge in [0.1, 0.15) is 11.4 Å². The Kier molecular flexibility index (Phi) is 2.72. The number of fused-ring (bicyclic) bond motifs is 1. The number of anilines is 1. The quantitative estimate of drug-likeness (QED) is 0.785. The summed E-state index contributed by atoms with van der Waals surface area (Å²) in [6, 6.07) is 9.72. The van der Waals surface area contributed by atoms with Crippen LogP contribution in [-0.4, -0.2) is 9.78 Å². The van der Waals surface area contributed by atoms with Crippen LogP contribution in [0.2, 0.25) is 5.22 Å². The van der Waals surface area contributed by atoms with E-state index in [9.17, 15) is 0 Å². The number of aromatic nitrogens is 2. The molecule has 0 aliphatic carbocycles. The molecule has 0 fully saturated rings.